The molecule has 1 rings (SSSR count). The molecule has 0 saturated carbocycles. The predicted octanol–water partition coefficient (Wildman–Crippen LogP) is -4.06. The maximum Gasteiger partial charge on any atom is 0.245 e. The van der Waals surface area contributed by atoms with Gasteiger partial charge in [-0.15, -0.1) is 0 Å². The quantitative estimate of drug-likeness (QED) is 0.0258. The Kier molecular flexibility index (Phi) is 39.6. The number of aliphatic hydroxyl groups is 2. The molecule has 32 heteroatoms. The summed E-state index contributed by atoms with van der Waals surface area (Å²) in [5.41, 5.74) is 22.2. The number of carbonyl (C=O) groups is 14. The van der Waals surface area contributed by atoms with Crippen molar-refractivity contribution < 1.29 is 77.3 Å². The molecule has 0 bridgehead atoms. The number of nitrogens with two attached hydrogens (primary N) is 4. The minimum atomic E-state index is -1.78. The highest BCUT2D eigenvalue weighted by Crippen LogP contribution is 2.19. The van der Waals surface area contributed by atoms with Crippen LogP contribution in [0.1, 0.15) is 172 Å². The Labute approximate surface area is 546 Å². The van der Waals surface area contributed by atoms with Gasteiger partial charge in [0.1, 0.15) is 66.5 Å². The summed E-state index contributed by atoms with van der Waals surface area (Å²) in [7, 11) is 0. The number of primary amides is 2. The van der Waals surface area contributed by atoms with Crippen LogP contribution in [0, 0.1) is 23.7 Å². The summed E-state index contributed by atoms with van der Waals surface area (Å²) in [4.78, 5) is 189. The van der Waals surface area contributed by atoms with Crippen molar-refractivity contribution in [3.63, 3.8) is 0 Å². The molecule has 1 heterocycles. The van der Waals surface area contributed by atoms with Crippen molar-refractivity contribution >= 4 is 82.7 Å². The van der Waals surface area contributed by atoms with Crippen LogP contribution in [0.15, 0.2) is 0 Å². The zero-order valence-electron chi connectivity index (χ0n) is 56.1. The van der Waals surface area contributed by atoms with Crippen LogP contribution < -0.4 is 81.4 Å². The number of aliphatic hydroxyl groups excluding tert-OH is 2. The summed E-state index contributed by atoms with van der Waals surface area (Å²) in [6.07, 6.45) is 3.90. The lowest BCUT2D eigenvalue weighted by atomic mass is 9.99. The van der Waals surface area contributed by atoms with Gasteiger partial charge in [0.15, 0.2) is 0 Å². The van der Waals surface area contributed by atoms with Crippen molar-refractivity contribution in [1.29, 1.82) is 0 Å². The molecule has 32 nitrogen and oxygen atoms in total. The summed E-state index contributed by atoms with van der Waals surface area (Å²) in [6.45, 7) is 15.2. The smallest absolute Gasteiger partial charge is 0.245 e. The van der Waals surface area contributed by atoms with Gasteiger partial charge in [-0.1, -0.05) is 75.2 Å². The van der Waals surface area contributed by atoms with E-state index in [1.54, 1.807) is 55.4 Å². The lowest BCUT2D eigenvalue weighted by Crippen LogP contribution is -2.61. The molecule has 0 unspecified atom stereocenters. The van der Waals surface area contributed by atoms with Crippen LogP contribution in [0.5, 0.6) is 0 Å². The van der Waals surface area contributed by atoms with Crippen LogP contribution in [-0.4, -0.2) is 204 Å². The van der Waals surface area contributed by atoms with E-state index in [9.17, 15) is 77.3 Å². The molecule has 0 aromatic rings. The van der Waals surface area contributed by atoms with E-state index >= 15 is 0 Å². The van der Waals surface area contributed by atoms with Gasteiger partial charge >= 0.3 is 0 Å². The largest absolute Gasteiger partial charge is 0.394 e. The Morgan fingerprint density at radius 1 is 0.462 bits per heavy atom. The van der Waals surface area contributed by atoms with E-state index in [2.05, 4.69) is 58.5 Å². The topological polar surface area (TPSA) is 519 Å². The average Bonchev–Trinajstić information content (AvgIpc) is 1.98. The van der Waals surface area contributed by atoms with Crippen LogP contribution in [-0.2, 0) is 67.1 Å². The second-order valence-electron chi connectivity index (χ2n) is 25.3. The van der Waals surface area contributed by atoms with Crippen molar-refractivity contribution in [2.24, 2.45) is 46.6 Å². The first-order chi connectivity index (χ1) is 43.7. The summed E-state index contributed by atoms with van der Waals surface area (Å²) >= 11 is 0. The molecular weight excluding hydrogens is 1210 g/mol. The van der Waals surface area contributed by atoms with E-state index in [0.717, 1.165) is 0 Å². The third-order valence-electron chi connectivity index (χ3n) is 15.3. The fourth-order valence-electron chi connectivity index (χ4n) is 10.2. The molecule has 1 aliphatic rings. The Morgan fingerprint density at radius 2 is 0.839 bits per heavy atom. The van der Waals surface area contributed by atoms with Gasteiger partial charge in [-0.2, -0.15) is 0 Å². The fourth-order valence-corrected chi connectivity index (χ4v) is 10.2. The van der Waals surface area contributed by atoms with E-state index < -0.39 is 182 Å². The number of unbranched alkanes of at least 4 members (excludes halogenated alkanes) is 3. The maximum atomic E-state index is 14.2. The van der Waals surface area contributed by atoms with Crippen LogP contribution in [0.4, 0.5) is 0 Å². The molecular formula is C61H110N16O16. The molecule has 0 aromatic carbocycles. The SMILES string of the molecule is CCCC[C@H](NC(=O)[C@H](CO)NC(=O)[C@H](CC(C)C)NC(=O)CNC(=O)[C@@H](NC(=O)[C@H](CO)NC(=O)[C@H](CCC(N)=O)NC(=O)[C@H](CC(C)C)NC(=O)[C@H](CC(C)C)NC(=O)[C@H](CCCCN)NC(=O)[C@@H]1CCCN1C(C)=O)C(C)C)C(=O)N[C@@H](CCCCN)C(N)=O. The molecule has 1 aliphatic heterocycles. The zero-order chi connectivity index (χ0) is 70.7. The molecule has 11 atom stereocenters. The van der Waals surface area contributed by atoms with Gasteiger partial charge in [-0.05, 0) is 120 Å². The van der Waals surface area contributed by atoms with Gasteiger partial charge in [0.25, 0.3) is 0 Å². The molecule has 530 valence electrons. The Bertz CT molecular complexity index is 2490. The van der Waals surface area contributed by atoms with Crippen LogP contribution in [0.2, 0.25) is 0 Å². The highest BCUT2D eigenvalue weighted by atomic mass is 16.3. The van der Waals surface area contributed by atoms with E-state index in [0.29, 0.717) is 71.0 Å². The minimum absolute atomic E-state index is 0.000814. The molecule has 93 heavy (non-hydrogen) atoms. The molecule has 1 fully saturated rings. The van der Waals surface area contributed by atoms with Crippen LogP contribution in [0.3, 0.4) is 0 Å². The molecule has 0 aromatic heterocycles. The second kappa shape index (κ2) is 44.1. The van der Waals surface area contributed by atoms with E-state index in [1.165, 1.54) is 11.8 Å². The highest BCUT2D eigenvalue weighted by molar-refractivity contribution is 5.99. The highest BCUT2D eigenvalue weighted by Gasteiger charge is 2.38. The minimum Gasteiger partial charge on any atom is -0.394 e. The van der Waals surface area contributed by atoms with Crippen molar-refractivity contribution in [2.45, 2.75) is 238 Å². The van der Waals surface area contributed by atoms with E-state index in [1.807, 2.05) is 6.92 Å². The van der Waals surface area contributed by atoms with Gasteiger partial charge in [0.05, 0.1) is 19.8 Å². The lowest BCUT2D eigenvalue weighted by molar-refractivity contribution is -0.138. The summed E-state index contributed by atoms with van der Waals surface area (Å²) in [6, 6.07) is -14.4. The number of rotatable bonds is 46. The number of nitrogens with zero attached hydrogens (tertiary/aromatic N) is 1. The van der Waals surface area contributed by atoms with Crippen molar-refractivity contribution in [3.05, 3.63) is 0 Å². The zero-order valence-corrected chi connectivity index (χ0v) is 56.1. The van der Waals surface area contributed by atoms with Gasteiger partial charge in [-0.25, -0.2) is 0 Å². The molecule has 0 aliphatic carbocycles. The first kappa shape index (κ1) is 83.4. The maximum absolute atomic E-state index is 14.2. The van der Waals surface area contributed by atoms with E-state index in [-0.39, 0.29) is 62.2 Å². The average molecular weight is 1320 g/mol. The van der Waals surface area contributed by atoms with Crippen LogP contribution >= 0.6 is 0 Å². The third-order valence-corrected chi connectivity index (χ3v) is 15.3. The number of hydrogen-bond acceptors (Lipinski definition) is 18. The Hall–Kier alpha value is -7.58. The predicted molar refractivity (Wildman–Crippen MR) is 343 cm³/mol. The van der Waals surface area contributed by atoms with Gasteiger partial charge < -0.3 is 96.5 Å². The molecule has 0 radical (unpaired) electrons. The third kappa shape index (κ3) is 31.7. The molecule has 14 amide bonds. The number of carbonyl (C=O) groups excluding carboxylic acids is 14. The lowest BCUT2D eigenvalue weighted by Gasteiger charge is -2.29. The Morgan fingerprint density at radius 3 is 1.25 bits per heavy atom. The number of nitrogens with one attached hydrogen (secondary N) is 11. The van der Waals surface area contributed by atoms with Gasteiger partial charge in [0.2, 0.25) is 82.7 Å². The first-order valence-electron chi connectivity index (χ1n) is 32.5. The monoisotopic (exact) mass is 1320 g/mol. The van der Waals surface area contributed by atoms with E-state index in [4.69, 9.17) is 22.9 Å². The van der Waals surface area contributed by atoms with Gasteiger partial charge in [-0.3, -0.25) is 67.1 Å². The normalized spacial score (nSPS) is 16.2. The number of amides is 14. The number of likely N-dealkylation sites (tertiary alicyclic amines) is 1. The standard InChI is InChI=1S/C61H110N16O16/c1-11-12-18-39(52(84)68-38(51(65)83)19-13-15-24-62)69-58(90)45(31-78)75-55(87)42(27-33(2)3)67-49(82)30-66-61(93)50(36(8)9)76-59(91)46(32-79)74-54(86)41(22-23-48(64)81)70-56(88)43(28-34(4)5)73-57(89)44(29-35(6)7)72-53(85)40(20-14-16-25-63)71-60(92)47-21-17-26-77(47)37(10)80/h33-36,38-47,50,78-79H,11-32,62-63H2,1-10H3,(H2,64,81)(H2,65,83)(H,66,93)(H,67,82)(H,68,84)(H,69,90)(H,70,88)(H,71,92)(H,72,85)(H,73,89)(H,74,86)(H,75,87)(H,76,91)/t38-,39-,40-,41-,42-,43-,44-,45-,46-,47-,50-/m0/s1. The fraction of sp³-hybridized carbons (Fsp3) is 0.770. The van der Waals surface area contributed by atoms with Gasteiger partial charge in [0, 0.05) is 19.9 Å². The summed E-state index contributed by atoms with van der Waals surface area (Å²) in [5, 5.41) is 48.5. The molecule has 0 spiro atoms. The molecule has 21 N–H and O–H groups in total. The Balaban J connectivity index is 3.27. The van der Waals surface area contributed by atoms with Crippen molar-refractivity contribution in [2.75, 3.05) is 39.4 Å². The number of hydrogen-bond donors (Lipinski definition) is 17. The first-order valence-corrected chi connectivity index (χ1v) is 32.5. The summed E-state index contributed by atoms with van der Waals surface area (Å²) < 4.78 is 0. The van der Waals surface area contributed by atoms with Crippen molar-refractivity contribution in [1.82, 2.24) is 63.4 Å². The molecule has 1 saturated heterocycles. The van der Waals surface area contributed by atoms with Crippen molar-refractivity contribution in [3.8, 4) is 0 Å². The van der Waals surface area contributed by atoms with Crippen LogP contribution in [0.25, 0.3) is 0 Å². The summed E-state index contributed by atoms with van der Waals surface area (Å²) in [5.74, 6) is -12.7. The second-order valence-corrected chi connectivity index (χ2v) is 25.3.